The molecule has 5 nitrogen and oxygen atoms in total. The van der Waals surface area contributed by atoms with Crippen LogP contribution >= 0.6 is 11.6 Å². The van der Waals surface area contributed by atoms with Gasteiger partial charge in [0.25, 0.3) is 0 Å². The van der Waals surface area contributed by atoms with Gasteiger partial charge in [0.2, 0.25) is 0 Å². The molecule has 0 heterocycles. The molecule has 2 N–H and O–H groups in total. The minimum Gasteiger partial charge on any atom is -0.493 e. The minimum absolute atomic E-state index is 0.363. The van der Waals surface area contributed by atoms with Crippen LogP contribution in [0.2, 0.25) is 5.02 Å². The molecular weight excluding hydrogens is 342 g/mol. The molecule has 0 spiro atoms. The first-order valence-electron chi connectivity index (χ1n) is 7.92. The number of aliphatic carboxylic acids is 1. The van der Waals surface area contributed by atoms with Crippen molar-refractivity contribution >= 4 is 17.6 Å². The summed E-state index contributed by atoms with van der Waals surface area (Å²) in [5, 5.41) is 12.3. The average molecular weight is 364 g/mol. The fraction of sp³-hybridized carbons (Fsp3) is 0.316. The highest BCUT2D eigenvalue weighted by Crippen LogP contribution is 2.37. The van der Waals surface area contributed by atoms with E-state index in [-0.39, 0.29) is 0 Å². The highest BCUT2D eigenvalue weighted by molar-refractivity contribution is 6.32. The first-order valence-corrected chi connectivity index (χ1v) is 8.30. The summed E-state index contributed by atoms with van der Waals surface area (Å²) in [5.41, 5.74) is 3.03. The number of carboxylic acids is 1. The largest absolute Gasteiger partial charge is 0.493 e. The predicted molar refractivity (Wildman–Crippen MR) is 97.5 cm³/mol. The van der Waals surface area contributed by atoms with Crippen LogP contribution in [0.1, 0.15) is 23.6 Å². The third kappa shape index (κ3) is 5.11. The van der Waals surface area contributed by atoms with Gasteiger partial charge < -0.3 is 19.9 Å². The molecule has 1 unspecified atom stereocenters. The zero-order chi connectivity index (χ0) is 18.4. The Hall–Kier alpha value is -2.24. The molecule has 134 valence electrons. The number of carbonyl (C=O) groups is 1. The molecule has 2 rings (SSSR count). The SMILES string of the molecule is COc1cc(CNC(C)C(=O)O)cc(Cl)c1OCc1ccccc1C. The second-order valence-corrected chi connectivity index (χ2v) is 6.17. The Morgan fingerprint density at radius 3 is 2.68 bits per heavy atom. The standard InChI is InChI=1S/C19H22ClNO4/c1-12-6-4-5-7-15(12)11-25-18-16(20)8-14(9-17(18)24-3)10-21-13(2)19(22)23/h4-9,13,21H,10-11H2,1-3H3,(H,22,23). The van der Waals surface area contributed by atoms with Gasteiger partial charge in [0.1, 0.15) is 12.6 Å². The highest BCUT2D eigenvalue weighted by atomic mass is 35.5. The molecule has 1 atom stereocenters. The Morgan fingerprint density at radius 2 is 2.04 bits per heavy atom. The third-order valence-corrected chi connectivity index (χ3v) is 4.19. The van der Waals surface area contributed by atoms with E-state index in [1.165, 1.54) is 0 Å². The fourth-order valence-corrected chi connectivity index (χ4v) is 2.58. The van der Waals surface area contributed by atoms with E-state index in [1.807, 2.05) is 31.2 Å². The first-order chi connectivity index (χ1) is 11.9. The minimum atomic E-state index is -0.906. The van der Waals surface area contributed by atoms with Crippen molar-refractivity contribution in [2.75, 3.05) is 7.11 Å². The Bertz CT molecular complexity index is 748. The van der Waals surface area contributed by atoms with Crippen LogP contribution in [0.4, 0.5) is 0 Å². The summed E-state index contributed by atoms with van der Waals surface area (Å²) in [4.78, 5) is 10.9. The number of benzene rings is 2. The number of methoxy groups -OCH3 is 1. The van der Waals surface area contributed by atoms with E-state index in [9.17, 15) is 4.79 Å². The van der Waals surface area contributed by atoms with Crippen LogP contribution in [-0.4, -0.2) is 24.2 Å². The summed E-state index contributed by atoms with van der Waals surface area (Å²) in [5.74, 6) is 0.0829. The Morgan fingerprint density at radius 1 is 1.32 bits per heavy atom. The molecule has 2 aromatic rings. The second-order valence-electron chi connectivity index (χ2n) is 5.77. The molecule has 0 amide bonds. The molecule has 0 aliphatic carbocycles. The molecule has 0 radical (unpaired) electrons. The number of rotatable bonds is 8. The lowest BCUT2D eigenvalue weighted by Crippen LogP contribution is -2.33. The number of hydrogen-bond acceptors (Lipinski definition) is 4. The van der Waals surface area contributed by atoms with Gasteiger partial charge in [0.15, 0.2) is 11.5 Å². The molecule has 25 heavy (non-hydrogen) atoms. The third-order valence-electron chi connectivity index (χ3n) is 3.91. The van der Waals surface area contributed by atoms with Gasteiger partial charge in [-0.2, -0.15) is 0 Å². The van der Waals surface area contributed by atoms with Crippen molar-refractivity contribution in [3.05, 3.63) is 58.1 Å². The molecule has 0 bridgehead atoms. The summed E-state index contributed by atoms with van der Waals surface area (Å²) in [6.45, 7) is 4.36. The monoisotopic (exact) mass is 363 g/mol. The van der Waals surface area contributed by atoms with Crippen molar-refractivity contribution in [1.82, 2.24) is 5.32 Å². The van der Waals surface area contributed by atoms with Gasteiger partial charge in [0.05, 0.1) is 12.1 Å². The van der Waals surface area contributed by atoms with Gasteiger partial charge in [-0.25, -0.2) is 0 Å². The summed E-state index contributed by atoms with van der Waals surface area (Å²) in [6, 6.07) is 10.9. The topological polar surface area (TPSA) is 67.8 Å². The van der Waals surface area contributed by atoms with Crippen LogP contribution in [0.3, 0.4) is 0 Å². The lowest BCUT2D eigenvalue weighted by atomic mass is 10.1. The predicted octanol–water partition coefficient (Wildman–Crippen LogP) is 3.80. The first kappa shape index (κ1) is 19.1. The van der Waals surface area contributed by atoms with Crippen LogP contribution in [0.25, 0.3) is 0 Å². The summed E-state index contributed by atoms with van der Waals surface area (Å²) < 4.78 is 11.3. The number of carboxylic acid groups (broad SMARTS) is 1. The highest BCUT2D eigenvalue weighted by Gasteiger charge is 2.15. The number of nitrogens with one attached hydrogen (secondary N) is 1. The summed E-state index contributed by atoms with van der Waals surface area (Å²) in [6.07, 6.45) is 0. The van der Waals surface area contributed by atoms with E-state index < -0.39 is 12.0 Å². The Balaban J connectivity index is 2.13. The fourth-order valence-electron chi connectivity index (χ4n) is 2.30. The Labute approximate surface area is 152 Å². The number of halogens is 1. The number of aryl methyl sites for hydroxylation is 1. The maximum atomic E-state index is 10.9. The van der Waals surface area contributed by atoms with E-state index >= 15 is 0 Å². The van der Waals surface area contributed by atoms with Crippen molar-refractivity contribution in [2.45, 2.75) is 33.0 Å². The van der Waals surface area contributed by atoms with Crippen molar-refractivity contribution in [1.29, 1.82) is 0 Å². The van der Waals surface area contributed by atoms with Crippen molar-refractivity contribution in [2.24, 2.45) is 0 Å². The lowest BCUT2D eigenvalue weighted by molar-refractivity contribution is -0.139. The van der Waals surface area contributed by atoms with Crippen molar-refractivity contribution < 1.29 is 19.4 Å². The van der Waals surface area contributed by atoms with Crippen LogP contribution in [0.5, 0.6) is 11.5 Å². The van der Waals surface area contributed by atoms with Gasteiger partial charge in [0, 0.05) is 6.54 Å². The molecule has 6 heteroatoms. The van der Waals surface area contributed by atoms with E-state index in [0.29, 0.717) is 29.7 Å². The second kappa shape index (κ2) is 8.74. The van der Waals surface area contributed by atoms with E-state index in [0.717, 1.165) is 16.7 Å². The maximum Gasteiger partial charge on any atom is 0.320 e. The van der Waals surface area contributed by atoms with Gasteiger partial charge in [-0.1, -0.05) is 35.9 Å². The molecule has 0 saturated carbocycles. The molecule has 0 saturated heterocycles. The summed E-state index contributed by atoms with van der Waals surface area (Å²) >= 11 is 6.35. The van der Waals surface area contributed by atoms with Crippen LogP contribution < -0.4 is 14.8 Å². The van der Waals surface area contributed by atoms with E-state index in [4.69, 9.17) is 26.2 Å². The molecule has 0 aliphatic heterocycles. The van der Waals surface area contributed by atoms with Crippen molar-refractivity contribution in [3.8, 4) is 11.5 Å². The number of hydrogen-bond donors (Lipinski definition) is 2. The maximum absolute atomic E-state index is 10.9. The normalized spacial score (nSPS) is 11.8. The quantitative estimate of drug-likeness (QED) is 0.746. The number of ether oxygens (including phenoxy) is 2. The zero-order valence-electron chi connectivity index (χ0n) is 14.5. The summed E-state index contributed by atoms with van der Waals surface area (Å²) in [7, 11) is 1.55. The van der Waals surface area contributed by atoms with Crippen molar-refractivity contribution in [3.63, 3.8) is 0 Å². The van der Waals surface area contributed by atoms with Crippen LogP contribution in [0.15, 0.2) is 36.4 Å². The van der Waals surface area contributed by atoms with E-state index in [1.54, 1.807) is 26.2 Å². The van der Waals surface area contributed by atoms with Crippen LogP contribution in [-0.2, 0) is 17.9 Å². The van der Waals surface area contributed by atoms with Gasteiger partial charge in [-0.15, -0.1) is 0 Å². The molecule has 0 aromatic heterocycles. The van der Waals surface area contributed by atoms with Gasteiger partial charge in [-0.3, -0.25) is 4.79 Å². The molecule has 0 fully saturated rings. The lowest BCUT2D eigenvalue weighted by Gasteiger charge is -2.16. The molecular formula is C19H22ClNO4. The van der Waals surface area contributed by atoms with Crippen LogP contribution in [0, 0.1) is 6.92 Å². The Kier molecular flexibility index (Phi) is 6.67. The van der Waals surface area contributed by atoms with Gasteiger partial charge >= 0.3 is 5.97 Å². The van der Waals surface area contributed by atoms with E-state index in [2.05, 4.69) is 5.32 Å². The zero-order valence-corrected chi connectivity index (χ0v) is 15.3. The van der Waals surface area contributed by atoms with Gasteiger partial charge in [-0.05, 0) is 42.7 Å². The molecule has 0 aliphatic rings. The smallest absolute Gasteiger partial charge is 0.320 e. The molecule has 2 aromatic carbocycles. The average Bonchev–Trinajstić information content (AvgIpc) is 2.59.